The van der Waals surface area contributed by atoms with Gasteiger partial charge in [-0.25, -0.2) is 0 Å². The van der Waals surface area contributed by atoms with Gasteiger partial charge in [0.1, 0.15) is 19.6 Å². The molecule has 4 rings (SSSR count). The molecule has 0 spiro atoms. The number of hydrogen-bond donors (Lipinski definition) is 0. The summed E-state index contributed by atoms with van der Waals surface area (Å²) < 4.78 is 10.8. The largest absolute Gasteiger partial charge is 0.461 e. The van der Waals surface area contributed by atoms with Crippen LogP contribution in [0.4, 0.5) is 0 Å². The Bertz CT molecular complexity index is 1260. The highest BCUT2D eigenvalue weighted by molar-refractivity contribution is 5.91. The standard InChI is InChI=1S/C43H68O4/c1-30(15-17-35-32(3)16-18-36-40(6,7)23-12-24-43(35,36)10)21-27-46-38(44)29-39(45)47-28-22-31(2)19-25-41(8)34(5)20-26-42(9)33(4)13-11-14-37(41)42/h13,16,21-22,34-37H,11-12,14-15,17-20,23-29H2,1-10H3/b30-21+,31-22+/t34-,35-,36+,37+,41+,42+,43-/m1/s1. The number of carbonyl (C=O) groups is 2. The third-order valence-electron chi connectivity index (χ3n) is 14.4. The Morgan fingerprint density at radius 2 is 1.49 bits per heavy atom. The lowest BCUT2D eigenvalue weighted by Gasteiger charge is -2.58. The van der Waals surface area contributed by atoms with Crippen molar-refractivity contribution in [3.05, 3.63) is 46.6 Å². The second-order valence-corrected chi connectivity index (χ2v) is 17.7. The van der Waals surface area contributed by atoms with Gasteiger partial charge in [0, 0.05) is 0 Å². The maximum absolute atomic E-state index is 12.4. The third-order valence-corrected chi connectivity index (χ3v) is 14.4. The van der Waals surface area contributed by atoms with Crippen LogP contribution < -0.4 is 0 Å². The van der Waals surface area contributed by atoms with E-state index in [4.69, 9.17) is 9.47 Å². The van der Waals surface area contributed by atoms with Crippen molar-refractivity contribution in [1.29, 1.82) is 0 Å². The Morgan fingerprint density at radius 3 is 2.15 bits per heavy atom. The zero-order valence-electron chi connectivity index (χ0n) is 31.9. The van der Waals surface area contributed by atoms with E-state index in [1.807, 2.05) is 12.2 Å². The minimum Gasteiger partial charge on any atom is -0.461 e. The van der Waals surface area contributed by atoms with Gasteiger partial charge >= 0.3 is 11.9 Å². The van der Waals surface area contributed by atoms with E-state index in [9.17, 15) is 9.59 Å². The summed E-state index contributed by atoms with van der Waals surface area (Å²) >= 11 is 0. The van der Waals surface area contributed by atoms with Crippen molar-refractivity contribution < 1.29 is 19.1 Å². The quantitative estimate of drug-likeness (QED) is 0.120. The van der Waals surface area contributed by atoms with Crippen molar-refractivity contribution in [2.45, 2.75) is 153 Å². The van der Waals surface area contributed by atoms with Crippen LogP contribution in [-0.2, 0) is 19.1 Å². The first kappa shape index (κ1) is 37.7. The molecule has 4 aliphatic carbocycles. The molecule has 0 aromatic rings. The molecular weight excluding hydrogens is 580 g/mol. The van der Waals surface area contributed by atoms with Crippen LogP contribution in [0.2, 0.25) is 0 Å². The van der Waals surface area contributed by atoms with Gasteiger partial charge in [0.2, 0.25) is 0 Å². The molecule has 0 saturated heterocycles. The number of rotatable bonds is 12. The molecule has 264 valence electrons. The molecule has 0 amide bonds. The van der Waals surface area contributed by atoms with Crippen LogP contribution in [0.15, 0.2) is 46.6 Å². The fourth-order valence-electron chi connectivity index (χ4n) is 10.8. The molecule has 0 aliphatic heterocycles. The number of ether oxygens (including phenoxy) is 2. The number of carbonyl (C=O) groups excluding carboxylic acids is 2. The molecule has 4 aliphatic rings. The predicted octanol–water partition coefficient (Wildman–Crippen LogP) is 11.5. The van der Waals surface area contributed by atoms with Gasteiger partial charge in [-0.3, -0.25) is 9.59 Å². The monoisotopic (exact) mass is 649 g/mol. The molecule has 0 aromatic heterocycles. The number of esters is 2. The van der Waals surface area contributed by atoms with Gasteiger partial charge in [-0.05, 0) is 156 Å². The summed E-state index contributed by atoms with van der Waals surface area (Å²) in [5.74, 6) is 1.73. The minimum absolute atomic E-state index is 0.204. The topological polar surface area (TPSA) is 52.6 Å². The van der Waals surface area contributed by atoms with Gasteiger partial charge in [-0.2, -0.15) is 0 Å². The van der Waals surface area contributed by atoms with Gasteiger partial charge in [0.25, 0.3) is 0 Å². The lowest BCUT2D eigenvalue weighted by atomic mass is 9.47. The van der Waals surface area contributed by atoms with Crippen molar-refractivity contribution in [3.8, 4) is 0 Å². The Kier molecular flexibility index (Phi) is 12.2. The summed E-state index contributed by atoms with van der Waals surface area (Å²) in [6, 6.07) is 0. The number of fused-ring (bicyclic) bond motifs is 2. The summed E-state index contributed by atoms with van der Waals surface area (Å²) in [5, 5.41) is 0. The second kappa shape index (κ2) is 15.2. The first-order valence-electron chi connectivity index (χ1n) is 19.0. The SMILES string of the molecule is CC1=CC[C@H]2C(C)(C)CCC[C@]2(C)[C@@H]1CC/C(C)=C/COC(=O)CC(=O)OC/C=C(\C)CC[C@@]1(C)[C@H](C)CC[C@@]2(C)C(C)=CCC[C@@H]12. The zero-order chi connectivity index (χ0) is 34.6. The van der Waals surface area contributed by atoms with Crippen LogP contribution in [0.25, 0.3) is 0 Å². The zero-order valence-corrected chi connectivity index (χ0v) is 31.9. The summed E-state index contributed by atoms with van der Waals surface area (Å²) in [4.78, 5) is 24.7. The summed E-state index contributed by atoms with van der Waals surface area (Å²) in [5.41, 5.74) is 7.04. The minimum atomic E-state index is -0.523. The van der Waals surface area contributed by atoms with Crippen LogP contribution in [0.1, 0.15) is 153 Å². The van der Waals surface area contributed by atoms with E-state index in [0.717, 1.165) is 37.5 Å². The average molecular weight is 649 g/mol. The lowest BCUT2D eigenvalue weighted by Crippen LogP contribution is -2.49. The molecule has 47 heavy (non-hydrogen) atoms. The highest BCUT2D eigenvalue weighted by Crippen LogP contribution is 2.62. The molecule has 0 heterocycles. The molecule has 2 fully saturated rings. The maximum atomic E-state index is 12.4. The normalized spacial score (nSPS) is 35.6. The molecule has 2 saturated carbocycles. The molecule has 4 heteroatoms. The van der Waals surface area contributed by atoms with Crippen LogP contribution in [0.5, 0.6) is 0 Å². The Hall–Kier alpha value is -2.10. The Morgan fingerprint density at radius 1 is 0.851 bits per heavy atom. The molecular formula is C43H68O4. The van der Waals surface area contributed by atoms with Crippen molar-refractivity contribution in [3.63, 3.8) is 0 Å². The Labute approximate surface area is 288 Å². The van der Waals surface area contributed by atoms with E-state index in [1.165, 1.54) is 62.5 Å². The first-order chi connectivity index (χ1) is 22.0. The van der Waals surface area contributed by atoms with Crippen LogP contribution in [-0.4, -0.2) is 25.2 Å². The second-order valence-electron chi connectivity index (χ2n) is 17.7. The summed E-state index contributed by atoms with van der Waals surface area (Å²) in [6.45, 7) is 24.3. The molecule has 0 bridgehead atoms. The molecule has 7 atom stereocenters. The molecule has 0 radical (unpaired) electrons. The fraction of sp³-hybridized carbons (Fsp3) is 0.767. The van der Waals surface area contributed by atoms with E-state index in [0.29, 0.717) is 33.5 Å². The van der Waals surface area contributed by atoms with E-state index in [1.54, 1.807) is 11.1 Å². The van der Waals surface area contributed by atoms with Crippen LogP contribution >= 0.6 is 0 Å². The summed E-state index contributed by atoms with van der Waals surface area (Å²) in [7, 11) is 0. The maximum Gasteiger partial charge on any atom is 0.317 e. The fourth-order valence-corrected chi connectivity index (χ4v) is 10.8. The molecule has 4 nitrogen and oxygen atoms in total. The van der Waals surface area contributed by atoms with Crippen molar-refractivity contribution >= 4 is 11.9 Å². The van der Waals surface area contributed by atoms with E-state index >= 15 is 0 Å². The predicted molar refractivity (Wildman–Crippen MR) is 195 cm³/mol. The lowest BCUT2D eigenvalue weighted by molar-refractivity contribution is -0.153. The van der Waals surface area contributed by atoms with Crippen LogP contribution in [0.3, 0.4) is 0 Å². The Balaban J connectivity index is 1.17. The number of allylic oxidation sites excluding steroid dienone is 6. The highest BCUT2D eigenvalue weighted by Gasteiger charge is 2.53. The van der Waals surface area contributed by atoms with Crippen LogP contribution in [0, 0.1) is 45.3 Å². The van der Waals surface area contributed by atoms with Gasteiger partial charge in [-0.1, -0.05) is 82.4 Å². The van der Waals surface area contributed by atoms with Gasteiger partial charge < -0.3 is 9.47 Å². The summed E-state index contributed by atoms with van der Waals surface area (Å²) in [6.07, 6.45) is 23.2. The van der Waals surface area contributed by atoms with Gasteiger partial charge in [0.05, 0.1) is 0 Å². The average Bonchev–Trinajstić information content (AvgIpc) is 2.98. The van der Waals surface area contributed by atoms with E-state index in [-0.39, 0.29) is 19.6 Å². The van der Waals surface area contributed by atoms with Crippen molar-refractivity contribution in [1.82, 2.24) is 0 Å². The molecule has 0 N–H and O–H groups in total. The highest BCUT2D eigenvalue weighted by atomic mass is 16.6. The first-order valence-corrected chi connectivity index (χ1v) is 19.0. The number of hydrogen-bond acceptors (Lipinski definition) is 4. The van der Waals surface area contributed by atoms with E-state index < -0.39 is 11.9 Å². The smallest absolute Gasteiger partial charge is 0.317 e. The van der Waals surface area contributed by atoms with Crippen molar-refractivity contribution in [2.75, 3.05) is 13.2 Å². The van der Waals surface area contributed by atoms with Gasteiger partial charge in [-0.15, -0.1) is 0 Å². The third kappa shape index (κ3) is 8.38. The van der Waals surface area contributed by atoms with E-state index in [2.05, 4.69) is 81.4 Å². The van der Waals surface area contributed by atoms with Gasteiger partial charge in [0.15, 0.2) is 0 Å². The molecule has 0 aromatic carbocycles. The van der Waals surface area contributed by atoms with Crippen molar-refractivity contribution in [2.24, 2.45) is 45.3 Å². The molecule has 0 unspecified atom stereocenters.